The zero-order chi connectivity index (χ0) is 11.9. The first-order valence-corrected chi connectivity index (χ1v) is 7.78. The normalized spacial score (nSPS) is 32.0. The molecule has 3 heterocycles. The second-order valence-electron chi connectivity index (χ2n) is 4.76. The minimum atomic E-state index is -2.99. The third-order valence-corrected chi connectivity index (χ3v) is 5.76. The van der Waals surface area contributed by atoms with Crippen molar-refractivity contribution in [1.82, 2.24) is 10.3 Å². The molecular formula is C11H16N2O3S. The van der Waals surface area contributed by atoms with Crippen LogP contribution in [0.3, 0.4) is 0 Å². The molecule has 0 amide bonds. The average molecular weight is 256 g/mol. The molecule has 2 unspecified atom stereocenters. The number of hydrogen-bond acceptors (Lipinski definition) is 5. The van der Waals surface area contributed by atoms with Crippen LogP contribution in [-0.4, -0.2) is 25.7 Å². The number of hydrogen-bond donors (Lipinski definition) is 1. The third-order valence-electron chi connectivity index (χ3n) is 3.56. The molecule has 2 aliphatic heterocycles. The zero-order valence-electron chi connectivity index (χ0n) is 9.55. The number of aromatic nitrogens is 1. The first-order chi connectivity index (χ1) is 8.17. The molecular weight excluding hydrogens is 240 g/mol. The van der Waals surface area contributed by atoms with Crippen LogP contribution in [-0.2, 0) is 9.84 Å². The van der Waals surface area contributed by atoms with E-state index in [-0.39, 0.29) is 11.8 Å². The summed E-state index contributed by atoms with van der Waals surface area (Å²) < 4.78 is 29.0. The van der Waals surface area contributed by atoms with Crippen LogP contribution in [0.2, 0.25) is 0 Å². The Kier molecular flexibility index (Phi) is 2.71. The van der Waals surface area contributed by atoms with Gasteiger partial charge in [-0.25, -0.2) is 13.4 Å². The number of oxazole rings is 1. The van der Waals surface area contributed by atoms with E-state index in [1.54, 1.807) is 0 Å². The lowest BCUT2D eigenvalue weighted by Crippen LogP contribution is -2.14. The molecule has 0 aliphatic carbocycles. The van der Waals surface area contributed by atoms with Crippen molar-refractivity contribution in [3.63, 3.8) is 0 Å². The molecule has 0 bridgehead atoms. The van der Waals surface area contributed by atoms with Crippen molar-refractivity contribution in [3.8, 4) is 0 Å². The van der Waals surface area contributed by atoms with Crippen molar-refractivity contribution >= 4 is 9.84 Å². The van der Waals surface area contributed by atoms with Gasteiger partial charge in [0.15, 0.2) is 9.84 Å². The maximum atomic E-state index is 11.8. The average Bonchev–Trinajstić information content (AvgIpc) is 2.94. The molecule has 0 spiro atoms. The zero-order valence-corrected chi connectivity index (χ0v) is 10.4. The Labute approximate surface area is 101 Å². The third kappa shape index (κ3) is 1.99. The van der Waals surface area contributed by atoms with E-state index in [1.807, 2.05) is 0 Å². The Morgan fingerprint density at radius 3 is 2.88 bits per heavy atom. The van der Waals surface area contributed by atoms with E-state index in [9.17, 15) is 8.42 Å². The van der Waals surface area contributed by atoms with Crippen molar-refractivity contribution in [2.24, 2.45) is 0 Å². The summed E-state index contributed by atoms with van der Waals surface area (Å²) in [4.78, 5) is 4.36. The highest BCUT2D eigenvalue weighted by Gasteiger charge is 2.35. The van der Waals surface area contributed by atoms with Crippen LogP contribution in [0.5, 0.6) is 0 Å². The standard InChI is InChI=1S/C11H16N2O3S/c14-17(15)6-2-4-10(17)9-7-16-11(13-9)8-3-1-5-12-8/h7-8,10,12H,1-6H2. The molecule has 3 rings (SSSR count). The Hall–Kier alpha value is -0.880. The summed E-state index contributed by atoms with van der Waals surface area (Å²) in [5.41, 5.74) is 0.589. The van der Waals surface area contributed by atoms with Gasteiger partial charge in [-0.3, -0.25) is 0 Å². The van der Waals surface area contributed by atoms with Gasteiger partial charge in [-0.2, -0.15) is 0 Å². The Morgan fingerprint density at radius 2 is 2.24 bits per heavy atom. The van der Waals surface area contributed by atoms with Crippen LogP contribution < -0.4 is 5.32 Å². The van der Waals surface area contributed by atoms with Crippen molar-refractivity contribution in [2.45, 2.75) is 37.0 Å². The van der Waals surface area contributed by atoms with Gasteiger partial charge in [-0.05, 0) is 32.2 Å². The van der Waals surface area contributed by atoms with E-state index in [4.69, 9.17) is 4.42 Å². The van der Waals surface area contributed by atoms with Gasteiger partial charge in [-0.1, -0.05) is 0 Å². The second kappa shape index (κ2) is 4.10. The van der Waals surface area contributed by atoms with Gasteiger partial charge in [0.1, 0.15) is 11.5 Å². The van der Waals surface area contributed by atoms with Crippen molar-refractivity contribution in [3.05, 3.63) is 17.8 Å². The van der Waals surface area contributed by atoms with E-state index in [0.29, 0.717) is 18.0 Å². The molecule has 0 aromatic carbocycles. The molecule has 0 saturated carbocycles. The van der Waals surface area contributed by atoms with E-state index in [0.717, 1.165) is 25.8 Å². The van der Waals surface area contributed by atoms with Crippen LogP contribution in [0.1, 0.15) is 48.6 Å². The predicted octanol–water partition coefficient (Wildman–Crippen LogP) is 1.35. The smallest absolute Gasteiger partial charge is 0.211 e. The van der Waals surface area contributed by atoms with E-state index >= 15 is 0 Å². The lowest BCUT2D eigenvalue weighted by molar-refractivity contribution is 0.429. The molecule has 2 saturated heterocycles. The molecule has 5 nitrogen and oxygen atoms in total. The molecule has 1 aromatic heterocycles. The molecule has 6 heteroatoms. The fourth-order valence-electron chi connectivity index (χ4n) is 2.63. The highest BCUT2D eigenvalue weighted by atomic mass is 32.2. The quantitative estimate of drug-likeness (QED) is 0.864. The Balaban J connectivity index is 1.85. The van der Waals surface area contributed by atoms with Crippen LogP contribution >= 0.6 is 0 Å². The van der Waals surface area contributed by atoms with Crippen LogP contribution in [0.25, 0.3) is 0 Å². The molecule has 0 radical (unpaired) electrons. The molecule has 17 heavy (non-hydrogen) atoms. The van der Waals surface area contributed by atoms with Crippen molar-refractivity contribution in [1.29, 1.82) is 0 Å². The van der Waals surface area contributed by atoms with Crippen LogP contribution in [0, 0.1) is 0 Å². The van der Waals surface area contributed by atoms with Gasteiger partial charge in [0.25, 0.3) is 0 Å². The van der Waals surface area contributed by atoms with Crippen LogP contribution in [0.15, 0.2) is 10.7 Å². The fourth-order valence-corrected chi connectivity index (χ4v) is 4.48. The summed E-state index contributed by atoms with van der Waals surface area (Å²) in [5, 5.41) is 2.85. The fraction of sp³-hybridized carbons (Fsp3) is 0.727. The number of sulfone groups is 1. The van der Waals surface area contributed by atoms with Gasteiger partial charge in [0.05, 0.1) is 17.5 Å². The molecule has 2 aliphatic rings. The van der Waals surface area contributed by atoms with E-state index in [2.05, 4.69) is 10.3 Å². The van der Waals surface area contributed by atoms with Gasteiger partial charge < -0.3 is 9.73 Å². The first-order valence-electron chi connectivity index (χ1n) is 6.07. The maximum Gasteiger partial charge on any atom is 0.211 e. The van der Waals surface area contributed by atoms with Gasteiger partial charge in [-0.15, -0.1) is 0 Å². The topological polar surface area (TPSA) is 72.2 Å². The van der Waals surface area contributed by atoms with Gasteiger partial charge >= 0.3 is 0 Å². The molecule has 2 fully saturated rings. The molecule has 94 valence electrons. The summed E-state index contributed by atoms with van der Waals surface area (Å²) in [5.74, 6) is 0.918. The minimum absolute atomic E-state index is 0.160. The summed E-state index contributed by atoms with van der Waals surface area (Å²) in [7, 11) is -2.99. The SMILES string of the molecule is O=S1(=O)CCCC1c1coc(C2CCCN2)n1. The molecule has 2 atom stereocenters. The van der Waals surface area contributed by atoms with Crippen molar-refractivity contribution in [2.75, 3.05) is 12.3 Å². The molecule has 1 aromatic rings. The first kappa shape index (κ1) is 11.2. The molecule has 1 N–H and O–H groups in total. The van der Waals surface area contributed by atoms with Crippen LogP contribution in [0.4, 0.5) is 0 Å². The predicted molar refractivity (Wildman–Crippen MR) is 62.2 cm³/mol. The Bertz CT molecular complexity index is 503. The van der Waals surface area contributed by atoms with Crippen molar-refractivity contribution < 1.29 is 12.8 Å². The summed E-state index contributed by atoms with van der Waals surface area (Å²) in [6, 6.07) is 0.160. The summed E-state index contributed by atoms with van der Waals surface area (Å²) in [6.07, 6.45) is 5.05. The number of rotatable bonds is 2. The highest BCUT2D eigenvalue weighted by molar-refractivity contribution is 7.91. The summed E-state index contributed by atoms with van der Waals surface area (Å²) in [6.45, 7) is 0.976. The van der Waals surface area contributed by atoms with E-state index in [1.165, 1.54) is 6.26 Å². The Morgan fingerprint density at radius 1 is 1.35 bits per heavy atom. The maximum absolute atomic E-state index is 11.8. The number of nitrogens with one attached hydrogen (secondary N) is 1. The van der Waals surface area contributed by atoms with E-state index < -0.39 is 15.1 Å². The summed E-state index contributed by atoms with van der Waals surface area (Å²) >= 11 is 0. The lowest BCUT2D eigenvalue weighted by atomic mass is 10.2. The largest absolute Gasteiger partial charge is 0.447 e. The minimum Gasteiger partial charge on any atom is -0.447 e. The monoisotopic (exact) mass is 256 g/mol. The van der Waals surface area contributed by atoms with Gasteiger partial charge in [0, 0.05) is 0 Å². The van der Waals surface area contributed by atoms with Gasteiger partial charge in [0.2, 0.25) is 5.89 Å². The lowest BCUT2D eigenvalue weighted by Gasteiger charge is -2.05. The number of nitrogens with zero attached hydrogens (tertiary/aromatic N) is 1. The second-order valence-corrected chi connectivity index (χ2v) is 7.06. The highest BCUT2D eigenvalue weighted by Crippen LogP contribution is 2.35.